The summed E-state index contributed by atoms with van der Waals surface area (Å²) in [6.07, 6.45) is 12.2. The topological polar surface area (TPSA) is 172 Å². The van der Waals surface area contributed by atoms with Gasteiger partial charge in [0.25, 0.3) is 5.91 Å². The number of fused-ring (bicyclic) bond motifs is 6. The van der Waals surface area contributed by atoms with Crippen LogP contribution >= 0.6 is 0 Å². The Morgan fingerprint density at radius 1 is 0.945 bits per heavy atom. The minimum Gasteiger partial charge on any atom is -0.464 e. The Bertz CT molecular complexity index is 2630. The summed E-state index contributed by atoms with van der Waals surface area (Å²) in [5.74, 6) is -0.412. The molecule has 5 atom stereocenters. The lowest BCUT2D eigenvalue weighted by atomic mass is 9.84. The van der Waals surface area contributed by atoms with Crippen molar-refractivity contribution < 1.29 is 37.7 Å². The predicted octanol–water partition coefficient (Wildman–Crippen LogP) is 6.48. The molecule has 1 saturated carbocycles. The first-order chi connectivity index (χ1) is 35.4. The molecule has 73 heavy (non-hydrogen) atoms. The molecule has 0 unspecified atom stereocenters. The van der Waals surface area contributed by atoms with E-state index in [4.69, 9.17) is 33.3 Å². The van der Waals surface area contributed by atoms with Gasteiger partial charge in [-0.15, -0.1) is 0 Å². The molecule has 2 N–H and O–H groups in total. The number of amides is 3. The van der Waals surface area contributed by atoms with Gasteiger partial charge >= 0.3 is 12.0 Å². The molecule has 1 aromatic carbocycles. The first kappa shape index (κ1) is 50.1. The number of methoxy groups -OCH3 is 1. The summed E-state index contributed by atoms with van der Waals surface area (Å²) in [6.45, 7) is 17.3. The SMILES string of the molecule is CO[C@@H](C)c1ncc(N2CCN(C3CC3)CC2)cc1-c1c2c3cc(ccc3n1CCOC1CCOCC1)-c1coc(n1)[C@@H](N1CCCC1)[C@H](NC(=O)N1CC[C@H]1C)C(=O)N1CCC[C@H](N1)C(=O)OCC(C)(C)C2. The van der Waals surface area contributed by atoms with Crippen LogP contribution in [0.1, 0.15) is 115 Å². The van der Waals surface area contributed by atoms with Crippen molar-refractivity contribution in [2.45, 2.75) is 141 Å². The largest absolute Gasteiger partial charge is 0.464 e. The second-order valence-corrected chi connectivity index (χ2v) is 22.4. The summed E-state index contributed by atoms with van der Waals surface area (Å²) in [5, 5.41) is 5.71. The lowest BCUT2D eigenvalue weighted by Crippen LogP contribution is -2.64. The minimum atomic E-state index is -1.06. The van der Waals surface area contributed by atoms with E-state index in [9.17, 15) is 9.59 Å². The number of anilines is 1. The molecule has 18 heteroatoms. The van der Waals surface area contributed by atoms with Gasteiger partial charge < -0.3 is 43.0 Å². The fraction of sp³-hybridized carbons (Fsp3) is 0.655. The van der Waals surface area contributed by atoms with E-state index in [0.717, 1.165) is 109 Å². The number of carbonyl (C=O) groups excluding carboxylic acids is 3. The molecule has 6 bridgehead atoms. The van der Waals surface area contributed by atoms with E-state index < -0.39 is 29.5 Å². The lowest BCUT2D eigenvalue weighted by molar-refractivity contribution is -0.155. The zero-order valence-corrected chi connectivity index (χ0v) is 43.6. The molecule has 7 aliphatic rings. The smallest absolute Gasteiger partial charge is 0.324 e. The number of benzene rings is 1. The van der Waals surface area contributed by atoms with Crippen LogP contribution in [-0.4, -0.2) is 168 Å². The summed E-state index contributed by atoms with van der Waals surface area (Å²) in [6, 6.07) is 6.77. The maximum atomic E-state index is 15.0. The molecule has 18 nitrogen and oxygen atoms in total. The number of urea groups is 1. The Balaban J connectivity index is 1.06. The van der Waals surface area contributed by atoms with Crippen LogP contribution in [0.25, 0.3) is 33.4 Å². The Morgan fingerprint density at radius 3 is 2.47 bits per heavy atom. The van der Waals surface area contributed by atoms with Crippen LogP contribution in [0, 0.1) is 5.41 Å². The molecular weight excluding hydrogens is 929 g/mol. The van der Waals surface area contributed by atoms with Gasteiger partial charge in [-0.25, -0.2) is 15.2 Å². The van der Waals surface area contributed by atoms with Gasteiger partial charge in [-0.2, -0.15) is 0 Å². The Kier molecular flexibility index (Phi) is 14.6. The molecule has 0 radical (unpaired) electrons. The van der Waals surface area contributed by atoms with E-state index in [0.29, 0.717) is 83.4 Å². The van der Waals surface area contributed by atoms with Crippen LogP contribution in [0.4, 0.5) is 10.5 Å². The summed E-state index contributed by atoms with van der Waals surface area (Å²) in [5.41, 5.74) is 10.3. The van der Waals surface area contributed by atoms with Crippen molar-refractivity contribution in [2.75, 3.05) is 90.8 Å². The van der Waals surface area contributed by atoms with E-state index in [-0.39, 0.29) is 36.8 Å². The highest BCUT2D eigenvalue weighted by atomic mass is 16.5. The molecule has 5 saturated heterocycles. The van der Waals surface area contributed by atoms with E-state index in [1.807, 2.05) is 13.1 Å². The minimum absolute atomic E-state index is 0.0574. The highest BCUT2D eigenvalue weighted by molar-refractivity contribution is 5.95. The van der Waals surface area contributed by atoms with Gasteiger partial charge in [0.2, 0.25) is 5.89 Å². The molecule has 6 fully saturated rings. The van der Waals surface area contributed by atoms with E-state index in [1.54, 1.807) is 18.3 Å². The molecule has 394 valence electrons. The number of pyridine rings is 1. The Morgan fingerprint density at radius 2 is 1.74 bits per heavy atom. The van der Waals surface area contributed by atoms with E-state index >= 15 is 4.79 Å². The molecule has 4 aromatic rings. The van der Waals surface area contributed by atoms with Gasteiger partial charge in [0, 0.05) is 106 Å². The van der Waals surface area contributed by atoms with Gasteiger partial charge in [0.1, 0.15) is 30.1 Å². The molecule has 1 aliphatic carbocycles. The van der Waals surface area contributed by atoms with Crippen LogP contribution in [0.5, 0.6) is 0 Å². The van der Waals surface area contributed by atoms with Crippen LogP contribution in [0.3, 0.4) is 0 Å². The molecule has 11 rings (SSSR count). The van der Waals surface area contributed by atoms with Crippen molar-refractivity contribution in [1.82, 2.24) is 45.0 Å². The van der Waals surface area contributed by atoms with Crippen molar-refractivity contribution in [2.24, 2.45) is 5.41 Å². The normalized spacial score (nSPS) is 26.2. The number of rotatable bonds is 11. The van der Waals surface area contributed by atoms with Crippen molar-refractivity contribution >= 4 is 34.5 Å². The molecular formula is C55H76N10O8. The number of oxazole rings is 1. The summed E-state index contributed by atoms with van der Waals surface area (Å²) >= 11 is 0. The molecule has 6 aliphatic heterocycles. The fourth-order valence-corrected chi connectivity index (χ4v) is 12.1. The maximum Gasteiger partial charge on any atom is 0.324 e. The summed E-state index contributed by atoms with van der Waals surface area (Å²) < 4.78 is 33.7. The number of piperazine rings is 1. The van der Waals surface area contributed by atoms with E-state index in [2.05, 4.69) is 75.0 Å². The summed E-state index contributed by atoms with van der Waals surface area (Å²) in [7, 11) is 1.74. The van der Waals surface area contributed by atoms with Crippen molar-refractivity contribution in [1.29, 1.82) is 0 Å². The second kappa shape index (κ2) is 21.3. The Labute approximate surface area is 429 Å². The summed E-state index contributed by atoms with van der Waals surface area (Å²) in [4.78, 5) is 62.9. The van der Waals surface area contributed by atoms with E-state index in [1.165, 1.54) is 17.9 Å². The van der Waals surface area contributed by atoms with Crippen molar-refractivity contribution in [3.05, 3.63) is 53.9 Å². The molecule has 0 spiro atoms. The van der Waals surface area contributed by atoms with Crippen LogP contribution < -0.4 is 15.6 Å². The number of cyclic esters (lactones) is 1. The van der Waals surface area contributed by atoms with Gasteiger partial charge in [-0.05, 0) is 115 Å². The number of nitrogens with one attached hydrogen (secondary N) is 2. The number of likely N-dealkylation sites (tertiary alicyclic amines) is 2. The molecule has 3 amide bonds. The standard InChI is InChI=1S/C55H76N10O8/c1-35-14-20-63(35)54(68)58-48-50(62-17-6-7-18-62)51-57-45(33-72-51)37-10-13-46-41(29-37)43(31-55(3,4)34-73-53(67)44-9-8-19-65(59-44)52(48)66)49(64(46)25-28-71-40-15-26-70-27-16-40)42-30-39(32-56-47(42)36(2)69-5)61-23-21-60(22-24-61)38-11-12-38/h10,13,29-30,32-33,35-36,38,40,44,48,50,59H,6-9,11-12,14-28,31,34H2,1-5H3,(H,58,68)/t35-,36+,44+,48+,50+/m1/s1. The average Bonchev–Trinajstić information content (AvgIpc) is 3.75. The second-order valence-electron chi connectivity index (χ2n) is 22.4. The van der Waals surface area contributed by atoms with Gasteiger partial charge in [0.05, 0.1) is 48.7 Å². The third-order valence-corrected chi connectivity index (χ3v) is 16.7. The third kappa shape index (κ3) is 10.5. The van der Waals surface area contributed by atoms with Gasteiger partial charge in [-0.1, -0.05) is 19.9 Å². The quantitative estimate of drug-likeness (QED) is 0.157. The Hall–Kier alpha value is -5.11. The number of nitrogens with zero attached hydrogens (tertiary/aromatic N) is 8. The molecule has 3 aromatic heterocycles. The zero-order chi connectivity index (χ0) is 50.4. The first-order valence-corrected chi connectivity index (χ1v) is 27.3. The van der Waals surface area contributed by atoms with Gasteiger partial charge in [0.15, 0.2) is 0 Å². The zero-order valence-electron chi connectivity index (χ0n) is 43.6. The number of hydrogen-bond donors (Lipinski definition) is 2. The first-order valence-electron chi connectivity index (χ1n) is 27.3. The van der Waals surface area contributed by atoms with Crippen LogP contribution in [-0.2, 0) is 41.5 Å². The third-order valence-electron chi connectivity index (χ3n) is 16.7. The number of esters is 1. The monoisotopic (exact) mass is 1000 g/mol. The predicted molar refractivity (Wildman–Crippen MR) is 276 cm³/mol. The average molecular weight is 1010 g/mol. The fourth-order valence-electron chi connectivity index (χ4n) is 12.1. The highest BCUT2D eigenvalue weighted by Gasteiger charge is 2.45. The number of ether oxygens (including phenoxy) is 4. The molecule has 9 heterocycles. The lowest BCUT2D eigenvalue weighted by Gasteiger charge is -2.42. The maximum absolute atomic E-state index is 15.0. The number of hydrazine groups is 1. The van der Waals surface area contributed by atoms with Crippen LogP contribution in [0.15, 0.2) is 41.1 Å². The number of hydrogen-bond acceptors (Lipinski definition) is 14. The van der Waals surface area contributed by atoms with Crippen molar-refractivity contribution in [3.63, 3.8) is 0 Å². The number of aromatic nitrogens is 3. The highest BCUT2D eigenvalue weighted by Crippen LogP contribution is 2.44. The van der Waals surface area contributed by atoms with Crippen LogP contribution in [0.2, 0.25) is 0 Å². The number of carbonyl (C=O) groups is 3. The van der Waals surface area contributed by atoms with Gasteiger partial charge in [-0.3, -0.25) is 29.4 Å². The van der Waals surface area contributed by atoms with Crippen molar-refractivity contribution in [3.8, 4) is 22.5 Å².